The van der Waals surface area contributed by atoms with E-state index in [1.807, 2.05) is 12.1 Å². The third-order valence-electron chi connectivity index (χ3n) is 7.70. The van der Waals surface area contributed by atoms with E-state index >= 15 is 0 Å². The topological polar surface area (TPSA) is 65.2 Å². The van der Waals surface area contributed by atoms with Gasteiger partial charge in [0, 0.05) is 57.8 Å². The summed E-state index contributed by atoms with van der Waals surface area (Å²) in [5.41, 5.74) is 2.12. The van der Waals surface area contributed by atoms with Crippen molar-refractivity contribution in [2.75, 3.05) is 50.8 Å². The van der Waals surface area contributed by atoms with Gasteiger partial charge in [0.1, 0.15) is 5.75 Å². The summed E-state index contributed by atoms with van der Waals surface area (Å²) >= 11 is 0. The highest BCUT2D eigenvalue weighted by Gasteiger charge is 2.34. The minimum Gasteiger partial charge on any atom is -0.493 e. The van der Waals surface area contributed by atoms with E-state index in [0.29, 0.717) is 12.0 Å². The molecule has 4 heterocycles. The highest BCUT2D eigenvalue weighted by atomic mass is 16.5. The van der Waals surface area contributed by atoms with Crippen molar-refractivity contribution < 1.29 is 14.4 Å². The van der Waals surface area contributed by atoms with Gasteiger partial charge in [0.2, 0.25) is 0 Å². The Kier molecular flexibility index (Phi) is 6.16. The summed E-state index contributed by atoms with van der Waals surface area (Å²) in [6.07, 6.45) is 3.09. The van der Waals surface area contributed by atoms with Crippen LogP contribution in [0.1, 0.15) is 24.8 Å². The number of benzene rings is 2. The van der Waals surface area contributed by atoms with E-state index in [1.165, 1.54) is 18.4 Å². The van der Waals surface area contributed by atoms with E-state index in [9.17, 15) is 5.11 Å². The van der Waals surface area contributed by atoms with E-state index in [1.54, 1.807) is 0 Å². The molecule has 34 heavy (non-hydrogen) atoms. The molecule has 3 aliphatic rings. The molecule has 2 aromatic carbocycles. The van der Waals surface area contributed by atoms with Gasteiger partial charge in [0.25, 0.3) is 0 Å². The number of piperidine rings is 1. The molecular weight excluding hydrogens is 428 g/mol. The molecule has 3 fully saturated rings. The number of aliphatic hydroxyl groups excluding tert-OH is 1. The number of fused-ring (bicyclic) bond motifs is 2. The van der Waals surface area contributed by atoms with Crippen LogP contribution < -0.4 is 9.64 Å². The average molecular weight is 463 g/mol. The molecule has 7 nitrogen and oxygen atoms in total. The molecule has 0 aliphatic carbocycles. The SMILES string of the molecule is OC1CCN(Cc2cccc(OC[C@H]3CC[C@H]4CN(c5noc6ccccc56)CCN4C3)c2)C1. The standard InChI is InChI=1S/C27H34N4O3/c32-23-10-11-29(18-23)15-20-4-3-5-24(14-20)33-19-21-8-9-22-17-31(13-12-30(22)16-21)27-25-6-1-2-7-26(25)34-28-27/h1-7,14,21-23,32H,8-13,15-19H2/t21-,22-,23?/m0/s1. The van der Waals surface area contributed by atoms with Gasteiger partial charge in [0.15, 0.2) is 11.4 Å². The summed E-state index contributed by atoms with van der Waals surface area (Å²) in [7, 11) is 0. The molecule has 180 valence electrons. The van der Waals surface area contributed by atoms with E-state index in [0.717, 1.165) is 81.4 Å². The largest absolute Gasteiger partial charge is 0.493 e. The van der Waals surface area contributed by atoms with Gasteiger partial charge in [-0.25, -0.2) is 0 Å². The molecule has 0 saturated carbocycles. The molecule has 7 heteroatoms. The maximum atomic E-state index is 9.77. The number of ether oxygens (including phenoxy) is 1. The van der Waals surface area contributed by atoms with Gasteiger partial charge in [-0.2, -0.15) is 0 Å². The monoisotopic (exact) mass is 462 g/mol. The van der Waals surface area contributed by atoms with Crippen molar-refractivity contribution in [2.45, 2.75) is 38.0 Å². The van der Waals surface area contributed by atoms with Crippen molar-refractivity contribution in [2.24, 2.45) is 5.92 Å². The van der Waals surface area contributed by atoms with Crippen LogP contribution >= 0.6 is 0 Å². The number of hydrogen-bond acceptors (Lipinski definition) is 7. The van der Waals surface area contributed by atoms with E-state index < -0.39 is 0 Å². The Hall–Kier alpha value is -2.61. The zero-order valence-corrected chi connectivity index (χ0v) is 19.7. The van der Waals surface area contributed by atoms with Gasteiger partial charge < -0.3 is 19.3 Å². The molecule has 3 atom stereocenters. The second kappa shape index (κ2) is 9.56. The summed E-state index contributed by atoms with van der Waals surface area (Å²) in [6.45, 7) is 7.54. The molecule has 1 unspecified atom stereocenters. The fraction of sp³-hybridized carbons (Fsp3) is 0.519. The number of likely N-dealkylation sites (tertiary alicyclic amines) is 1. The number of piperazine rings is 1. The van der Waals surface area contributed by atoms with Crippen LogP contribution in [0.3, 0.4) is 0 Å². The second-order valence-electron chi connectivity index (χ2n) is 10.2. The number of hydrogen-bond donors (Lipinski definition) is 1. The predicted octanol–water partition coefficient (Wildman–Crippen LogP) is 3.37. The first-order valence-electron chi connectivity index (χ1n) is 12.7. The Balaban J connectivity index is 1.01. The van der Waals surface area contributed by atoms with Gasteiger partial charge in [-0.05, 0) is 49.1 Å². The minimum absolute atomic E-state index is 0.174. The minimum atomic E-state index is -0.174. The summed E-state index contributed by atoms with van der Waals surface area (Å²) in [5.74, 6) is 2.51. The highest BCUT2D eigenvalue weighted by molar-refractivity contribution is 5.88. The van der Waals surface area contributed by atoms with Crippen LogP contribution in [0, 0.1) is 5.92 Å². The lowest BCUT2D eigenvalue weighted by molar-refractivity contribution is 0.0726. The summed E-state index contributed by atoms with van der Waals surface area (Å²) in [6, 6.07) is 17.2. The lowest BCUT2D eigenvalue weighted by Crippen LogP contribution is -2.57. The fourth-order valence-electron chi connectivity index (χ4n) is 5.85. The molecule has 1 aromatic heterocycles. The van der Waals surface area contributed by atoms with Crippen molar-refractivity contribution in [3.63, 3.8) is 0 Å². The number of anilines is 1. The first-order chi connectivity index (χ1) is 16.7. The van der Waals surface area contributed by atoms with Crippen LogP contribution in [0.15, 0.2) is 53.1 Å². The van der Waals surface area contributed by atoms with Gasteiger partial charge in [-0.1, -0.05) is 29.4 Å². The molecule has 6 rings (SSSR count). The van der Waals surface area contributed by atoms with E-state index in [-0.39, 0.29) is 6.10 Å². The van der Waals surface area contributed by atoms with Crippen molar-refractivity contribution in [1.82, 2.24) is 15.0 Å². The van der Waals surface area contributed by atoms with Crippen LogP contribution in [-0.4, -0.2) is 78.1 Å². The Morgan fingerprint density at radius 1 is 0.971 bits per heavy atom. The Bertz CT molecular complexity index is 1120. The molecule has 0 amide bonds. The zero-order chi connectivity index (χ0) is 22.9. The second-order valence-corrected chi connectivity index (χ2v) is 10.2. The average Bonchev–Trinajstić information content (AvgIpc) is 3.48. The third-order valence-corrected chi connectivity index (χ3v) is 7.70. The first kappa shape index (κ1) is 21.9. The maximum Gasteiger partial charge on any atom is 0.180 e. The summed E-state index contributed by atoms with van der Waals surface area (Å²) in [4.78, 5) is 7.35. The smallest absolute Gasteiger partial charge is 0.180 e. The lowest BCUT2D eigenvalue weighted by atomic mass is 9.91. The molecule has 1 N–H and O–H groups in total. The quantitative estimate of drug-likeness (QED) is 0.603. The van der Waals surface area contributed by atoms with Gasteiger partial charge in [0.05, 0.1) is 18.1 Å². The number of nitrogens with zero attached hydrogens (tertiary/aromatic N) is 4. The van der Waals surface area contributed by atoms with E-state index in [4.69, 9.17) is 9.26 Å². The maximum absolute atomic E-state index is 9.77. The molecule has 3 aromatic rings. The normalized spacial score (nSPS) is 26.1. The molecule has 0 radical (unpaired) electrons. The summed E-state index contributed by atoms with van der Waals surface area (Å²) < 4.78 is 11.8. The van der Waals surface area contributed by atoms with Gasteiger partial charge in [-0.15, -0.1) is 0 Å². The number of aliphatic hydroxyl groups is 1. The number of para-hydroxylation sites is 1. The van der Waals surface area contributed by atoms with E-state index in [2.05, 4.69) is 56.3 Å². The van der Waals surface area contributed by atoms with Gasteiger partial charge >= 0.3 is 0 Å². The van der Waals surface area contributed by atoms with Crippen molar-refractivity contribution in [3.8, 4) is 5.75 Å². The number of aromatic nitrogens is 1. The van der Waals surface area contributed by atoms with Gasteiger partial charge in [-0.3, -0.25) is 9.80 Å². The van der Waals surface area contributed by atoms with Crippen molar-refractivity contribution in [1.29, 1.82) is 0 Å². The Morgan fingerprint density at radius 2 is 1.91 bits per heavy atom. The molecule has 0 spiro atoms. The number of β-amino-alcohol motifs (C(OH)–C–C–N with tert-alkyl or cyclic N) is 1. The van der Waals surface area contributed by atoms with Crippen LogP contribution in [-0.2, 0) is 6.54 Å². The highest BCUT2D eigenvalue weighted by Crippen LogP contribution is 2.31. The Morgan fingerprint density at radius 3 is 2.82 bits per heavy atom. The first-order valence-corrected chi connectivity index (χ1v) is 12.7. The molecule has 3 saturated heterocycles. The van der Waals surface area contributed by atoms with Crippen molar-refractivity contribution >= 4 is 16.8 Å². The van der Waals surface area contributed by atoms with Crippen LogP contribution in [0.5, 0.6) is 5.75 Å². The third kappa shape index (κ3) is 4.65. The van der Waals surface area contributed by atoms with Crippen molar-refractivity contribution in [3.05, 3.63) is 54.1 Å². The molecular formula is C27H34N4O3. The van der Waals surface area contributed by atoms with Crippen LogP contribution in [0.4, 0.5) is 5.82 Å². The van der Waals surface area contributed by atoms with Crippen LogP contribution in [0.25, 0.3) is 11.0 Å². The lowest BCUT2D eigenvalue weighted by Gasteiger charge is -2.46. The summed E-state index contributed by atoms with van der Waals surface area (Å²) in [5, 5.41) is 15.3. The molecule has 0 bridgehead atoms. The number of rotatable bonds is 6. The predicted molar refractivity (Wildman–Crippen MR) is 132 cm³/mol. The molecule has 3 aliphatic heterocycles. The van der Waals surface area contributed by atoms with Crippen LogP contribution in [0.2, 0.25) is 0 Å². The zero-order valence-electron chi connectivity index (χ0n) is 19.7. The fourth-order valence-corrected chi connectivity index (χ4v) is 5.85. The Labute approximate surface area is 200 Å².